The summed E-state index contributed by atoms with van der Waals surface area (Å²) < 4.78 is 5.77. The zero-order valence-electron chi connectivity index (χ0n) is 14.9. The van der Waals surface area contributed by atoms with Gasteiger partial charge in [0.1, 0.15) is 12.4 Å². The van der Waals surface area contributed by atoms with Gasteiger partial charge in [-0.25, -0.2) is 0 Å². The maximum Gasteiger partial charge on any atom is 0.243 e. The van der Waals surface area contributed by atoms with Crippen molar-refractivity contribution >= 4 is 11.6 Å². The summed E-state index contributed by atoms with van der Waals surface area (Å²) in [5, 5.41) is 0. The van der Waals surface area contributed by atoms with Crippen LogP contribution < -0.4 is 9.64 Å². The first-order valence-electron chi connectivity index (χ1n) is 8.21. The van der Waals surface area contributed by atoms with Gasteiger partial charge in [0.05, 0.1) is 6.04 Å². The van der Waals surface area contributed by atoms with Crippen molar-refractivity contribution in [2.75, 3.05) is 32.1 Å². The van der Waals surface area contributed by atoms with E-state index in [0.717, 1.165) is 11.4 Å². The second-order valence-corrected chi connectivity index (χ2v) is 6.05. The highest BCUT2D eigenvalue weighted by atomic mass is 16.5. The highest BCUT2D eigenvalue weighted by Crippen LogP contribution is 2.14. The standard InChI is InChI=1S/C20H26N2O2/c1-16-9-8-12-19(15-16)24-14-13-21(3)17(2)20(23)22(4)18-10-6-5-7-11-18/h5-12,15,17H,13-14H2,1-4H3. The minimum Gasteiger partial charge on any atom is -0.492 e. The molecule has 0 radical (unpaired) electrons. The summed E-state index contributed by atoms with van der Waals surface area (Å²) >= 11 is 0. The van der Waals surface area contributed by atoms with E-state index in [4.69, 9.17) is 4.74 Å². The molecular weight excluding hydrogens is 300 g/mol. The molecule has 128 valence electrons. The van der Waals surface area contributed by atoms with E-state index in [2.05, 4.69) is 0 Å². The van der Waals surface area contributed by atoms with E-state index in [1.807, 2.05) is 87.4 Å². The van der Waals surface area contributed by atoms with Crippen LogP contribution in [-0.2, 0) is 4.79 Å². The Balaban J connectivity index is 1.85. The van der Waals surface area contributed by atoms with Gasteiger partial charge in [-0.05, 0) is 50.7 Å². The maximum absolute atomic E-state index is 12.6. The third kappa shape index (κ3) is 4.83. The topological polar surface area (TPSA) is 32.8 Å². The number of hydrogen-bond acceptors (Lipinski definition) is 3. The summed E-state index contributed by atoms with van der Waals surface area (Å²) in [6.07, 6.45) is 0. The molecule has 24 heavy (non-hydrogen) atoms. The normalized spacial score (nSPS) is 12.0. The molecule has 0 N–H and O–H groups in total. The van der Waals surface area contributed by atoms with Crippen molar-refractivity contribution in [3.63, 3.8) is 0 Å². The van der Waals surface area contributed by atoms with E-state index >= 15 is 0 Å². The molecule has 2 aromatic carbocycles. The second-order valence-electron chi connectivity index (χ2n) is 6.05. The largest absolute Gasteiger partial charge is 0.492 e. The van der Waals surface area contributed by atoms with Crippen molar-refractivity contribution in [2.45, 2.75) is 19.9 Å². The fourth-order valence-corrected chi connectivity index (χ4v) is 2.45. The van der Waals surface area contributed by atoms with E-state index < -0.39 is 0 Å². The molecule has 2 aromatic rings. The first-order valence-corrected chi connectivity index (χ1v) is 8.21. The zero-order valence-corrected chi connectivity index (χ0v) is 14.9. The summed E-state index contributed by atoms with van der Waals surface area (Å²) in [7, 11) is 3.76. The lowest BCUT2D eigenvalue weighted by atomic mass is 10.2. The van der Waals surface area contributed by atoms with Crippen LogP contribution in [0.1, 0.15) is 12.5 Å². The third-order valence-corrected chi connectivity index (χ3v) is 4.19. The molecular formula is C20H26N2O2. The van der Waals surface area contributed by atoms with Crippen molar-refractivity contribution in [3.8, 4) is 5.75 Å². The molecule has 0 heterocycles. The number of benzene rings is 2. The van der Waals surface area contributed by atoms with Crippen LogP contribution in [-0.4, -0.2) is 44.1 Å². The van der Waals surface area contributed by atoms with E-state index in [-0.39, 0.29) is 11.9 Å². The Kier molecular flexibility index (Phi) is 6.38. The van der Waals surface area contributed by atoms with Gasteiger partial charge in [-0.1, -0.05) is 30.3 Å². The van der Waals surface area contributed by atoms with Gasteiger partial charge < -0.3 is 9.64 Å². The van der Waals surface area contributed by atoms with Crippen molar-refractivity contribution < 1.29 is 9.53 Å². The molecule has 0 aliphatic heterocycles. The molecule has 0 aliphatic carbocycles. The van der Waals surface area contributed by atoms with E-state index in [1.54, 1.807) is 4.90 Å². The van der Waals surface area contributed by atoms with Gasteiger partial charge in [0, 0.05) is 19.3 Å². The van der Waals surface area contributed by atoms with Crippen LogP contribution >= 0.6 is 0 Å². The van der Waals surface area contributed by atoms with Crippen LogP contribution in [0.15, 0.2) is 54.6 Å². The summed E-state index contributed by atoms with van der Waals surface area (Å²) in [4.78, 5) is 16.3. The minimum absolute atomic E-state index is 0.0688. The number of ether oxygens (including phenoxy) is 1. The van der Waals surface area contributed by atoms with Gasteiger partial charge >= 0.3 is 0 Å². The fourth-order valence-electron chi connectivity index (χ4n) is 2.45. The lowest BCUT2D eigenvalue weighted by Crippen LogP contribution is -2.45. The maximum atomic E-state index is 12.6. The van der Waals surface area contributed by atoms with Crippen LogP contribution in [0, 0.1) is 6.92 Å². The highest BCUT2D eigenvalue weighted by Gasteiger charge is 2.22. The van der Waals surface area contributed by atoms with Crippen LogP contribution in [0.5, 0.6) is 5.75 Å². The predicted molar refractivity (Wildman–Crippen MR) is 98.6 cm³/mol. The predicted octanol–water partition coefficient (Wildman–Crippen LogP) is 3.36. The molecule has 1 amide bonds. The Hall–Kier alpha value is -2.33. The number of likely N-dealkylation sites (N-methyl/N-ethyl adjacent to an activating group) is 2. The molecule has 1 unspecified atom stereocenters. The second kappa shape index (κ2) is 8.50. The zero-order chi connectivity index (χ0) is 17.5. The van der Waals surface area contributed by atoms with Gasteiger partial charge in [-0.3, -0.25) is 9.69 Å². The summed E-state index contributed by atoms with van der Waals surface area (Å²) in [6, 6.07) is 17.5. The Morgan fingerprint density at radius 3 is 2.46 bits per heavy atom. The minimum atomic E-state index is -0.212. The molecule has 0 saturated carbocycles. The average molecular weight is 326 g/mol. The smallest absolute Gasteiger partial charge is 0.243 e. The van der Waals surface area contributed by atoms with Gasteiger partial charge in [0.25, 0.3) is 0 Å². The quantitative estimate of drug-likeness (QED) is 0.782. The lowest BCUT2D eigenvalue weighted by molar-refractivity contribution is -0.122. The molecule has 4 heteroatoms. The molecule has 1 atom stereocenters. The van der Waals surface area contributed by atoms with E-state index in [1.165, 1.54) is 5.56 Å². The van der Waals surface area contributed by atoms with E-state index in [0.29, 0.717) is 13.2 Å². The number of para-hydroxylation sites is 1. The molecule has 0 aliphatic rings. The van der Waals surface area contributed by atoms with Gasteiger partial charge in [0.2, 0.25) is 5.91 Å². The average Bonchev–Trinajstić information content (AvgIpc) is 2.60. The third-order valence-electron chi connectivity index (χ3n) is 4.19. The molecule has 0 saturated heterocycles. The number of rotatable bonds is 7. The first kappa shape index (κ1) is 18.0. The number of nitrogens with zero attached hydrogens (tertiary/aromatic N) is 2. The Morgan fingerprint density at radius 1 is 1.08 bits per heavy atom. The number of carbonyl (C=O) groups is 1. The van der Waals surface area contributed by atoms with Crippen LogP contribution in [0.3, 0.4) is 0 Å². The molecule has 0 fully saturated rings. The molecule has 0 bridgehead atoms. The number of carbonyl (C=O) groups excluding carboxylic acids is 1. The SMILES string of the molecule is Cc1cccc(OCCN(C)C(C)C(=O)N(C)c2ccccc2)c1. The number of anilines is 1. The molecule has 2 rings (SSSR count). The van der Waals surface area contributed by atoms with Crippen molar-refractivity contribution in [1.29, 1.82) is 0 Å². The van der Waals surface area contributed by atoms with Gasteiger partial charge in [-0.15, -0.1) is 0 Å². The monoisotopic (exact) mass is 326 g/mol. The molecule has 0 spiro atoms. The van der Waals surface area contributed by atoms with Crippen molar-refractivity contribution in [1.82, 2.24) is 4.90 Å². The fraction of sp³-hybridized carbons (Fsp3) is 0.350. The van der Waals surface area contributed by atoms with Gasteiger partial charge in [-0.2, -0.15) is 0 Å². The first-order chi connectivity index (χ1) is 11.5. The van der Waals surface area contributed by atoms with Crippen molar-refractivity contribution in [2.24, 2.45) is 0 Å². The Bertz CT molecular complexity index is 658. The van der Waals surface area contributed by atoms with Crippen LogP contribution in [0.2, 0.25) is 0 Å². The van der Waals surface area contributed by atoms with Crippen LogP contribution in [0.4, 0.5) is 5.69 Å². The number of aryl methyl sites for hydroxylation is 1. The lowest BCUT2D eigenvalue weighted by Gasteiger charge is -2.28. The van der Waals surface area contributed by atoms with Crippen LogP contribution in [0.25, 0.3) is 0 Å². The number of amides is 1. The summed E-state index contributed by atoms with van der Waals surface area (Å²) in [5.41, 5.74) is 2.08. The van der Waals surface area contributed by atoms with Crippen molar-refractivity contribution in [3.05, 3.63) is 60.2 Å². The highest BCUT2D eigenvalue weighted by molar-refractivity contribution is 5.96. The van der Waals surface area contributed by atoms with E-state index in [9.17, 15) is 4.79 Å². The number of hydrogen-bond donors (Lipinski definition) is 0. The Morgan fingerprint density at radius 2 is 1.79 bits per heavy atom. The Labute approximate surface area is 144 Å². The molecule has 0 aromatic heterocycles. The summed E-state index contributed by atoms with van der Waals surface area (Å²) in [6.45, 7) is 5.20. The van der Waals surface area contributed by atoms with Gasteiger partial charge in [0.15, 0.2) is 0 Å². The molecule has 4 nitrogen and oxygen atoms in total. The summed E-state index contributed by atoms with van der Waals surface area (Å²) in [5.74, 6) is 0.933.